The SMILES string of the molecule is CCOC(=O)COc1ccc(-c2ccc(OC(F)(F)F)cc2)cc1Oc1ccccc1C(C)C. The predicted octanol–water partition coefficient (Wildman–Crippen LogP) is 7.11. The Balaban J connectivity index is 1.93. The Bertz CT molecular complexity index is 1110. The second kappa shape index (κ2) is 11.0. The highest BCUT2D eigenvalue weighted by Gasteiger charge is 2.31. The molecule has 180 valence electrons. The Hall–Kier alpha value is -3.68. The zero-order valence-corrected chi connectivity index (χ0v) is 19.0. The second-order valence-corrected chi connectivity index (χ2v) is 7.62. The number of benzene rings is 3. The molecule has 3 rings (SSSR count). The van der Waals surface area contributed by atoms with Crippen molar-refractivity contribution in [3.63, 3.8) is 0 Å². The van der Waals surface area contributed by atoms with Gasteiger partial charge in [0, 0.05) is 0 Å². The number of hydrogen-bond acceptors (Lipinski definition) is 5. The molecule has 0 heterocycles. The quantitative estimate of drug-likeness (QED) is 0.309. The van der Waals surface area contributed by atoms with E-state index in [1.54, 1.807) is 25.1 Å². The largest absolute Gasteiger partial charge is 0.573 e. The predicted molar refractivity (Wildman–Crippen MR) is 121 cm³/mol. The van der Waals surface area contributed by atoms with Crippen LogP contribution in [0.1, 0.15) is 32.3 Å². The molecule has 3 aromatic carbocycles. The molecule has 0 fully saturated rings. The van der Waals surface area contributed by atoms with Crippen molar-refractivity contribution in [1.29, 1.82) is 0 Å². The number of alkyl halides is 3. The molecule has 0 aliphatic rings. The van der Waals surface area contributed by atoms with E-state index in [0.717, 1.165) is 5.56 Å². The Morgan fingerprint density at radius 3 is 2.21 bits per heavy atom. The minimum atomic E-state index is -4.76. The molecule has 0 saturated heterocycles. The zero-order chi connectivity index (χ0) is 24.7. The Labute approximate surface area is 196 Å². The number of para-hydroxylation sites is 1. The summed E-state index contributed by atoms with van der Waals surface area (Å²) in [5.74, 6) is 0.681. The maximum Gasteiger partial charge on any atom is 0.573 e. The number of rotatable bonds is 9. The van der Waals surface area contributed by atoms with Crippen molar-refractivity contribution < 1.29 is 36.9 Å². The van der Waals surface area contributed by atoms with Crippen LogP contribution >= 0.6 is 0 Å². The number of ether oxygens (including phenoxy) is 4. The third kappa shape index (κ3) is 6.91. The highest BCUT2D eigenvalue weighted by Crippen LogP contribution is 2.38. The molecule has 3 aromatic rings. The first-order chi connectivity index (χ1) is 16.2. The summed E-state index contributed by atoms with van der Waals surface area (Å²) in [4.78, 5) is 11.8. The smallest absolute Gasteiger partial charge is 0.478 e. The van der Waals surface area contributed by atoms with Crippen molar-refractivity contribution in [2.24, 2.45) is 0 Å². The molecule has 0 aromatic heterocycles. The summed E-state index contributed by atoms with van der Waals surface area (Å²) in [6.45, 7) is 5.73. The van der Waals surface area contributed by atoms with Gasteiger partial charge in [0.05, 0.1) is 6.61 Å². The first-order valence-corrected chi connectivity index (χ1v) is 10.7. The molecular formula is C26H25F3O5. The van der Waals surface area contributed by atoms with Gasteiger partial charge in [0.2, 0.25) is 0 Å². The Kier molecular flexibility index (Phi) is 8.04. The summed E-state index contributed by atoms with van der Waals surface area (Å²) in [6.07, 6.45) is -4.76. The highest BCUT2D eigenvalue weighted by molar-refractivity contribution is 5.72. The molecule has 0 N–H and O–H groups in total. The first-order valence-electron chi connectivity index (χ1n) is 10.7. The van der Waals surface area contributed by atoms with Crippen molar-refractivity contribution >= 4 is 5.97 Å². The van der Waals surface area contributed by atoms with Gasteiger partial charge < -0.3 is 18.9 Å². The normalized spacial score (nSPS) is 11.3. The summed E-state index contributed by atoms with van der Waals surface area (Å²) in [5, 5.41) is 0. The van der Waals surface area contributed by atoms with E-state index in [9.17, 15) is 18.0 Å². The van der Waals surface area contributed by atoms with Crippen LogP contribution in [0.3, 0.4) is 0 Å². The fourth-order valence-electron chi connectivity index (χ4n) is 3.24. The van der Waals surface area contributed by atoms with E-state index < -0.39 is 12.3 Å². The lowest BCUT2D eigenvalue weighted by Crippen LogP contribution is -2.16. The van der Waals surface area contributed by atoms with Gasteiger partial charge in [0.1, 0.15) is 11.5 Å². The van der Waals surface area contributed by atoms with Crippen molar-refractivity contribution in [2.45, 2.75) is 33.1 Å². The van der Waals surface area contributed by atoms with Gasteiger partial charge in [-0.25, -0.2) is 4.79 Å². The van der Waals surface area contributed by atoms with E-state index >= 15 is 0 Å². The van der Waals surface area contributed by atoms with Gasteiger partial charge in [-0.05, 0) is 59.9 Å². The van der Waals surface area contributed by atoms with Gasteiger partial charge in [0.15, 0.2) is 18.1 Å². The van der Waals surface area contributed by atoms with Crippen LogP contribution in [-0.2, 0) is 9.53 Å². The molecule has 8 heteroatoms. The number of carbonyl (C=O) groups is 1. The third-order valence-corrected chi connectivity index (χ3v) is 4.78. The molecule has 0 atom stereocenters. The van der Waals surface area contributed by atoms with Gasteiger partial charge in [-0.1, -0.05) is 50.2 Å². The molecule has 0 spiro atoms. The monoisotopic (exact) mass is 474 g/mol. The summed E-state index contributed by atoms with van der Waals surface area (Å²) >= 11 is 0. The Morgan fingerprint density at radius 1 is 0.882 bits per heavy atom. The topological polar surface area (TPSA) is 54.0 Å². The number of hydrogen-bond donors (Lipinski definition) is 0. The maximum absolute atomic E-state index is 12.5. The number of halogens is 3. The van der Waals surface area contributed by atoms with E-state index in [0.29, 0.717) is 28.4 Å². The molecule has 34 heavy (non-hydrogen) atoms. The molecule has 0 bridgehead atoms. The molecule has 0 radical (unpaired) electrons. The summed E-state index contributed by atoms with van der Waals surface area (Å²) < 4.78 is 58.0. The van der Waals surface area contributed by atoms with Gasteiger partial charge in [0.25, 0.3) is 0 Å². The zero-order valence-electron chi connectivity index (χ0n) is 19.0. The second-order valence-electron chi connectivity index (χ2n) is 7.62. The Morgan fingerprint density at radius 2 is 1.56 bits per heavy atom. The van der Waals surface area contributed by atoms with Crippen molar-refractivity contribution in [1.82, 2.24) is 0 Å². The van der Waals surface area contributed by atoms with Gasteiger partial charge in [-0.2, -0.15) is 0 Å². The highest BCUT2D eigenvalue weighted by atomic mass is 19.4. The van der Waals surface area contributed by atoms with Crippen LogP contribution in [0.2, 0.25) is 0 Å². The van der Waals surface area contributed by atoms with Crippen LogP contribution in [-0.4, -0.2) is 25.5 Å². The average Bonchev–Trinajstić information content (AvgIpc) is 2.78. The van der Waals surface area contributed by atoms with Gasteiger partial charge in [-0.3, -0.25) is 0 Å². The number of esters is 1. The number of carbonyl (C=O) groups excluding carboxylic acids is 1. The molecule has 5 nitrogen and oxygen atoms in total. The van der Waals surface area contributed by atoms with Crippen LogP contribution in [0.15, 0.2) is 66.7 Å². The van der Waals surface area contributed by atoms with Gasteiger partial charge >= 0.3 is 12.3 Å². The van der Waals surface area contributed by atoms with Crippen LogP contribution in [0.25, 0.3) is 11.1 Å². The van der Waals surface area contributed by atoms with Crippen molar-refractivity contribution in [2.75, 3.05) is 13.2 Å². The minimum Gasteiger partial charge on any atom is -0.478 e. The lowest BCUT2D eigenvalue weighted by molar-refractivity contribution is -0.274. The van der Waals surface area contributed by atoms with E-state index in [2.05, 4.69) is 4.74 Å². The fourth-order valence-corrected chi connectivity index (χ4v) is 3.24. The van der Waals surface area contributed by atoms with Crippen LogP contribution < -0.4 is 14.2 Å². The van der Waals surface area contributed by atoms with Crippen molar-refractivity contribution in [3.8, 4) is 34.1 Å². The average molecular weight is 474 g/mol. The van der Waals surface area contributed by atoms with E-state index in [1.165, 1.54) is 24.3 Å². The first kappa shape index (κ1) is 25.0. The standard InChI is InChI=1S/C26H25F3O5/c1-4-31-25(30)16-32-23-14-11-19(18-9-12-20(13-10-18)34-26(27,28)29)15-24(23)33-22-8-6-5-7-21(22)17(2)3/h5-15,17H,4,16H2,1-3H3. The fraction of sp³-hybridized carbons (Fsp3) is 0.269. The van der Waals surface area contributed by atoms with Gasteiger partial charge in [-0.15, -0.1) is 13.2 Å². The molecule has 0 amide bonds. The third-order valence-electron chi connectivity index (χ3n) is 4.78. The van der Waals surface area contributed by atoms with Crippen LogP contribution in [0, 0.1) is 0 Å². The molecule has 0 unspecified atom stereocenters. The van der Waals surface area contributed by atoms with Crippen molar-refractivity contribution in [3.05, 3.63) is 72.3 Å². The minimum absolute atomic E-state index is 0.199. The maximum atomic E-state index is 12.5. The molecular weight excluding hydrogens is 449 g/mol. The molecule has 0 aliphatic heterocycles. The molecule has 0 saturated carbocycles. The van der Waals surface area contributed by atoms with Crippen LogP contribution in [0.5, 0.6) is 23.0 Å². The molecule has 0 aliphatic carbocycles. The summed E-state index contributed by atoms with van der Waals surface area (Å²) in [5.41, 5.74) is 2.31. The van der Waals surface area contributed by atoms with E-state index in [1.807, 2.05) is 38.1 Å². The van der Waals surface area contributed by atoms with E-state index in [4.69, 9.17) is 14.2 Å². The lowest BCUT2D eigenvalue weighted by Gasteiger charge is -2.17. The summed E-state index contributed by atoms with van der Waals surface area (Å²) in [7, 11) is 0. The van der Waals surface area contributed by atoms with Crippen LogP contribution in [0.4, 0.5) is 13.2 Å². The summed E-state index contributed by atoms with van der Waals surface area (Å²) in [6, 6.07) is 18.1. The van der Waals surface area contributed by atoms with E-state index in [-0.39, 0.29) is 24.9 Å². The lowest BCUT2D eigenvalue weighted by atomic mass is 10.0.